The van der Waals surface area contributed by atoms with Crippen LogP contribution < -0.4 is 4.74 Å². The number of aliphatic hydroxyl groups excluding tert-OH is 1. The third-order valence-electron chi connectivity index (χ3n) is 5.89. The first kappa shape index (κ1) is 23.9. The van der Waals surface area contributed by atoms with Gasteiger partial charge in [-0.1, -0.05) is 11.2 Å². The van der Waals surface area contributed by atoms with Gasteiger partial charge in [0, 0.05) is 24.6 Å². The number of hydrogen-bond acceptors (Lipinski definition) is 8. The summed E-state index contributed by atoms with van der Waals surface area (Å²) in [5, 5.41) is 14.1. The van der Waals surface area contributed by atoms with Gasteiger partial charge in [-0.25, -0.2) is 8.42 Å². The molecule has 0 amide bonds. The molecule has 180 valence electrons. The lowest BCUT2D eigenvalue weighted by molar-refractivity contribution is -0.149. The van der Waals surface area contributed by atoms with Gasteiger partial charge in [-0.05, 0) is 61.4 Å². The molecule has 2 aromatic carbocycles. The van der Waals surface area contributed by atoms with Crippen molar-refractivity contribution in [2.24, 2.45) is 0 Å². The standard InChI is InChI=1S/C24H26N2O7S/c1-15-4-9-21(10-16(15)2)34(29,30)26-13-18(27)11-23(26)24(28)32-14-20-12-22(25-33-20)17-5-7-19(31-3)8-6-17/h4-10,12,18,23,27H,11,13-14H2,1-3H3/t18?,23-/m0/s1. The molecule has 2 heterocycles. The number of aliphatic hydroxyl groups is 1. The third kappa shape index (κ3) is 4.84. The number of rotatable bonds is 7. The molecule has 1 saturated heterocycles. The number of sulfonamides is 1. The van der Waals surface area contributed by atoms with E-state index >= 15 is 0 Å². The van der Waals surface area contributed by atoms with Crippen LogP contribution in [0.3, 0.4) is 0 Å². The first-order valence-electron chi connectivity index (χ1n) is 10.7. The zero-order valence-electron chi connectivity index (χ0n) is 19.1. The van der Waals surface area contributed by atoms with Crippen molar-refractivity contribution in [2.45, 2.75) is 43.9 Å². The molecule has 34 heavy (non-hydrogen) atoms. The molecule has 0 spiro atoms. The topological polar surface area (TPSA) is 119 Å². The van der Waals surface area contributed by atoms with Crippen LogP contribution in [0.5, 0.6) is 5.75 Å². The number of carbonyl (C=O) groups is 1. The molecule has 1 aliphatic rings. The van der Waals surface area contributed by atoms with Crippen molar-refractivity contribution < 1.29 is 32.3 Å². The Morgan fingerprint density at radius 2 is 1.88 bits per heavy atom. The molecular formula is C24H26N2O7S. The summed E-state index contributed by atoms with van der Waals surface area (Å²) in [6.07, 6.45) is -1.01. The second kappa shape index (κ2) is 9.57. The van der Waals surface area contributed by atoms with Crippen LogP contribution >= 0.6 is 0 Å². The molecule has 10 heteroatoms. The molecule has 0 saturated carbocycles. The van der Waals surface area contributed by atoms with Crippen molar-refractivity contribution in [3.63, 3.8) is 0 Å². The summed E-state index contributed by atoms with van der Waals surface area (Å²) in [5.74, 6) is 0.257. The maximum atomic E-state index is 13.2. The van der Waals surface area contributed by atoms with Crippen molar-refractivity contribution in [2.75, 3.05) is 13.7 Å². The maximum Gasteiger partial charge on any atom is 0.325 e. The monoisotopic (exact) mass is 486 g/mol. The number of carbonyl (C=O) groups excluding carboxylic acids is 1. The zero-order chi connectivity index (χ0) is 24.5. The van der Waals surface area contributed by atoms with Crippen molar-refractivity contribution in [3.05, 3.63) is 65.4 Å². The van der Waals surface area contributed by atoms with Crippen molar-refractivity contribution in [3.8, 4) is 17.0 Å². The molecule has 1 fully saturated rings. The number of esters is 1. The number of ether oxygens (including phenoxy) is 2. The van der Waals surface area contributed by atoms with Gasteiger partial charge in [-0.2, -0.15) is 4.31 Å². The Balaban J connectivity index is 1.45. The highest BCUT2D eigenvalue weighted by atomic mass is 32.2. The second-order valence-electron chi connectivity index (χ2n) is 8.24. The van der Waals surface area contributed by atoms with E-state index in [0.29, 0.717) is 17.2 Å². The van der Waals surface area contributed by atoms with Gasteiger partial charge in [0.15, 0.2) is 12.4 Å². The molecule has 1 aromatic heterocycles. The number of benzene rings is 2. The molecule has 1 unspecified atom stereocenters. The van der Waals surface area contributed by atoms with Gasteiger partial charge < -0.3 is 19.1 Å². The van der Waals surface area contributed by atoms with Gasteiger partial charge >= 0.3 is 5.97 Å². The van der Waals surface area contributed by atoms with E-state index in [0.717, 1.165) is 21.0 Å². The average Bonchev–Trinajstić information content (AvgIpc) is 3.46. The van der Waals surface area contributed by atoms with Gasteiger partial charge in [0.05, 0.1) is 18.1 Å². The Hall–Kier alpha value is -3.21. The van der Waals surface area contributed by atoms with Crippen LogP contribution in [0.25, 0.3) is 11.3 Å². The fourth-order valence-corrected chi connectivity index (χ4v) is 5.50. The van der Waals surface area contributed by atoms with Gasteiger partial charge in [-0.15, -0.1) is 0 Å². The van der Waals surface area contributed by atoms with E-state index in [1.54, 1.807) is 37.4 Å². The van der Waals surface area contributed by atoms with Crippen LogP contribution in [0.15, 0.2) is 57.9 Å². The molecule has 0 radical (unpaired) electrons. The van der Waals surface area contributed by atoms with Crippen molar-refractivity contribution in [1.82, 2.24) is 9.46 Å². The fraction of sp³-hybridized carbons (Fsp3) is 0.333. The summed E-state index contributed by atoms with van der Waals surface area (Å²) < 4.78 is 43.2. The molecule has 4 rings (SSSR count). The number of β-amino-alcohol motifs (C(OH)–C–C–N with tert-alkyl or cyclic N) is 1. The Morgan fingerprint density at radius 3 is 2.56 bits per heavy atom. The highest BCUT2D eigenvalue weighted by Gasteiger charge is 2.44. The summed E-state index contributed by atoms with van der Waals surface area (Å²) >= 11 is 0. The van der Waals surface area contributed by atoms with Crippen LogP contribution in [0.4, 0.5) is 0 Å². The number of methoxy groups -OCH3 is 1. The summed E-state index contributed by atoms with van der Waals surface area (Å²) in [6, 6.07) is 12.5. The molecule has 0 bridgehead atoms. The van der Waals surface area contributed by atoms with E-state index in [1.807, 2.05) is 26.0 Å². The van der Waals surface area contributed by atoms with E-state index in [9.17, 15) is 18.3 Å². The van der Waals surface area contributed by atoms with Gasteiger partial charge in [0.1, 0.15) is 17.5 Å². The molecule has 9 nitrogen and oxygen atoms in total. The molecule has 1 N–H and O–H groups in total. The first-order chi connectivity index (χ1) is 16.2. The Bertz CT molecular complexity index is 1280. The lowest BCUT2D eigenvalue weighted by Crippen LogP contribution is -2.41. The number of aromatic nitrogens is 1. The quantitative estimate of drug-likeness (QED) is 0.507. The smallest absolute Gasteiger partial charge is 0.325 e. The minimum atomic E-state index is -4.00. The van der Waals surface area contributed by atoms with Crippen LogP contribution in [0.1, 0.15) is 23.3 Å². The van der Waals surface area contributed by atoms with E-state index in [4.69, 9.17) is 14.0 Å². The predicted molar refractivity (Wildman–Crippen MR) is 123 cm³/mol. The minimum Gasteiger partial charge on any atom is -0.497 e. The third-order valence-corrected chi connectivity index (χ3v) is 7.76. The summed E-state index contributed by atoms with van der Waals surface area (Å²) in [7, 11) is -2.42. The van der Waals surface area contributed by atoms with Crippen LogP contribution in [-0.2, 0) is 26.2 Å². The van der Waals surface area contributed by atoms with Crippen LogP contribution in [0.2, 0.25) is 0 Å². The largest absolute Gasteiger partial charge is 0.497 e. The normalized spacial score (nSPS) is 18.7. The zero-order valence-corrected chi connectivity index (χ0v) is 19.9. The van der Waals surface area contributed by atoms with Crippen LogP contribution in [0, 0.1) is 13.8 Å². The fourth-order valence-electron chi connectivity index (χ4n) is 3.79. The second-order valence-corrected chi connectivity index (χ2v) is 10.1. The van der Waals surface area contributed by atoms with E-state index in [-0.39, 0.29) is 24.5 Å². The minimum absolute atomic E-state index is 0.0452. The molecule has 1 aliphatic heterocycles. The molecule has 2 atom stereocenters. The van der Waals surface area contributed by atoms with Gasteiger partial charge in [0.25, 0.3) is 0 Å². The maximum absolute atomic E-state index is 13.2. The number of nitrogens with zero attached hydrogens (tertiary/aromatic N) is 2. The average molecular weight is 487 g/mol. The van der Waals surface area contributed by atoms with E-state index < -0.39 is 28.1 Å². The summed E-state index contributed by atoms with van der Waals surface area (Å²) in [6.45, 7) is 3.30. The van der Waals surface area contributed by atoms with Crippen LogP contribution in [-0.4, -0.2) is 54.8 Å². The predicted octanol–water partition coefficient (Wildman–Crippen LogP) is 2.83. The number of hydrogen-bond donors (Lipinski definition) is 1. The Labute approximate surface area is 197 Å². The lowest BCUT2D eigenvalue weighted by Gasteiger charge is -2.22. The molecule has 0 aliphatic carbocycles. The highest BCUT2D eigenvalue weighted by Crippen LogP contribution is 2.29. The lowest BCUT2D eigenvalue weighted by atomic mass is 10.1. The van der Waals surface area contributed by atoms with E-state index in [1.165, 1.54) is 6.07 Å². The van der Waals surface area contributed by atoms with Crippen molar-refractivity contribution >= 4 is 16.0 Å². The Kier molecular flexibility index (Phi) is 6.74. The molecule has 3 aromatic rings. The SMILES string of the molecule is COc1ccc(-c2cc(COC(=O)[C@@H]3CC(O)CN3S(=O)(=O)c3ccc(C)c(C)c3)on2)cc1. The summed E-state index contributed by atoms with van der Waals surface area (Å²) in [4.78, 5) is 12.9. The first-order valence-corrected chi connectivity index (χ1v) is 12.2. The summed E-state index contributed by atoms with van der Waals surface area (Å²) in [5.41, 5.74) is 3.13. The molecular weight excluding hydrogens is 460 g/mol. The number of aryl methyl sites for hydroxylation is 2. The Morgan fingerprint density at radius 1 is 1.15 bits per heavy atom. The van der Waals surface area contributed by atoms with Gasteiger partial charge in [-0.3, -0.25) is 4.79 Å². The highest BCUT2D eigenvalue weighted by molar-refractivity contribution is 7.89. The van der Waals surface area contributed by atoms with E-state index in [2.05, 4.69) is 5.16 Å². The van der Waals surface area contributed by atoms with Crippen molar-refractivity contribution in [1.29, 1.82) is 0 Å². The van der Waals surface area contributed by atoms with Gasteiger partial charge in [0.2, 0.25) is 10.0 Å².